The highest BCUT2D eigenvalue weighted by Crippen LogP contribution is 2.23. The number of hydrogen-bond donors (Lipinski definition) is 2. The maximum Gasteiger partial charge on any atom is 0.262 e. The summed E-state index contributed by atoms with van der Waals surface area (Å²) >= 11 is 0. The lowest BCUT2D eigenvalue weighted by molar-refractivity contribution is -0.118. The molecule has 168 valence electrons. The molecule has 3 aromatic rings. The maximum atomic E-state index is 13.0. The molecule has 3 rings (SSSR count). The van der Waals surface area contributed by atoms with Crippen LogP contribution in [0, 0.1) is 5.82 Å². The van der Waals surface area contributed by atoms with E-state index in [0.717, 1.165) is 29.7 Å². The molecule has 0 aliphatic rings. The van der Waals surface area contributed by atoms with E-state index in [1.807, 2.05) is 32.0 Å². The first-order valence-electron chi connectivity index (χ1n) is 10.2. The number of ether oxygens (including phenoxy) is 1. The van der Waals surface area contributed by atoms with E-state index in [0.29, 0.717) is 5.75 Å². The molecule has 0 aliphatic heterocycles. The van der Waals surface area contributed by atoms with E-state index in [2.05, 4.69) is 10.0 Å². The lowest BCUT2D eigenvalue weighted by Gasteiger charge is -2.15. The van der Waals surface area contributed by atoms with Gasteiger partial charge in [0.15, 0.2) is 6.61 Å². The predicted molar refractivity (Wildman–Crippen MR) is 123 cm³/mol. The number of para-hydroxylation sites is 1. The van der Waals surface area contributed by atoms with E-state index in [1.165, 1.54) is 48.5 Å². The number of nitrogens with one attached hydrogen (secondary N) is 2. The zero-order valence-electron chi connectivity index (χ0n) is 17.9. The minimum absolute atomic E-state index is 0.0167. The van der Waals surface area contributed by atoms with Crippen LogP contribution in [-0.2, 0) is 27.7 Å². The third kappa shape index (κ3) is 5.85. The van der Waals surface area contributed by atoms with Gasteiger partial charge in [0.1, 0.15) is 11.6 Å². The molecular formula is C24H25FN2O4S. The van der Waals surface area contributed by atoms with Crippen LogP contribution in [-0.4, -0.2) is 20.9 Å². The Morgan fingerprint density at radius 1 is 0.906 bits per heavy atom. The van der Waals surface area contributed by atoms with Crippen molar-refractivity contribution in [3.05, 3.63) is 83.7 Å². The Morgan fingerprint density at radius 3 is 2.06 bits per heavy atom. The predicted octanol–water partition coefficient (Wildman–Crippen LogP) is 4.77. The monoisotopic (exact) mass is 456 g/mol. The molecular weight excluding hydrogens is 431 g/mol. The number of sulfonamides is 1. The van der Waals surface area contributed by atoms with Gasteiger partial charge in [-0.25, -0.2) is 12.8 Å². The molecule has 0 heterocycles. The van der Waals surface area contributed by atoms with Crippen molar-refractivity contribution < 1.29 is 22.3 Å². The molecule has 1 amide bonds. The fourth-order valence-corrected chi connectivity index (χ4v) is 4.23. The van der Waals surface area contributed by atoms with Crippen molar-refractivity contribution in [3.8, 4) is 5.75 Å². The normalized spacial score (nSPS) is 11.1. The Balaban J connectivity index is 1.61. The van der Waals surface area contributed by atoms with Crippen molar-refractivity contribution in [3.63, 3.8) is 0 Å². The molecule has 3 aromatic carbocycles. The van der Waals surface area contributed by atoms with Crippen LogP contribution < -0.4 is 14.8 Å². The third-order valence-corrected chi connectivity index (χ3v) is 6.26. The van der Waals surface area contributed by atoms with Gasteiger partial charge in [-0.2, -0.15) is 0 Å². The molecule has 0 saturated carbocycles. The van der Waals surface area contributed by atoms with Crippen LogP contribution in [0.4, 0.5) is 15.8 Å². The highest BCUT2D eigenvalue weighted by atomic mass is 32.2. The highest BCUT2D eigenvalue weighted by Gasteiger charge is 2.15. The minimum atomic E-state index is -3.84. The zero-order chi connectivity index (χ0) is 23.1. The largest absolute Gasteiger partial charge is 0.484 e. The fraction of sp³-hybridized carbons (Fsp3) is 0.208. The summed E-state index contributed by atoms with van der Waals surface area (Å²) in [4.78, 5) is 12.4. The molecule has 0 radical (unpaired) electrons. The quantitative estimate of drug-likeness (QED) is 0.486. The second-order valence-corrected chi connectivity index (χ2v) is 8.76. The first-order chi connectivity index (χ1) is 15.3. The van der Waals surface area contributed by atoms with E-state index in [-0.39, 0.29) is 23.1 Å². The lowest BCUT2D eigenvalue weighted by Crippen LogP contribution is -2.21. The molecule has 0 aromatic heterocycles. The van der Waals surface area contributed by atoms with Crippen molar-refractivity contribution >= 4 is 27.3 Å². The number of anilines is 2. The van der Waals surface area contributed by atoms with Crippen molar-refractivity contribution in [2.75, 3.05) is 16.6 Å². The zero-order valence-corrected chi connectivity index (χ0v) is 18.7. The smallest absolute Gasteiger partial charge is 0.262 e. The summed E-state index contributed by atoms with van der Waals surface area (Å²) in [7, 11) is -3.84. The van der Waals surface area contributed by atoms with E-state index in [4.69, 9.17) is 4.74 Å². The standard InChI is InChI=1S/C24H25FN2O4S/c1-3-17-6-5-7-18(4-2)24(17)26-23(28)16-31-21-12-14-22(15-13-21)32(29,30)27-20-10-8-19(25)9-11-20/h5-15,27H,3-4,16H2,1-2H3,(H,26,28). The van der Waals surface area contributed by atoms with Gasteiger partial charge in [-0.05, 0) is 72.5 Å². The molecule has 6 nitrogen and oxygen atoms in total. The Labute approximate surface area is 187 Å². The molecule has 0 aliphatic carbocycles. The Hall–Kier alpha value is -3.39. The summed E-state index contributed by atoms with van der Waals surface area (Å²) in [5, 5.41) is 2.92. The number of aryl methyl sites for hydroxylation is 2. The topological polar surface area (TPSA) is 84.5 Å². The van der Waals surface area contributed by atoms with Gasteiger partial charge in [-0.3, -0.25) is 9.52 Å². The average molecular weight is 457 g/mol. The Kier molecular flexibility index (Phi) is 7.48. The van der Waals surface area contributed by atoms with Crippen LogP contribution in [0.3, 0.4) is 0 Å². The second-order valence-electron chi connectivity index (χ2n) is 7.08. The number of carbonyl (C=O) groups excluding carboxylic acids is 1. The van der Waals surface area contributed by atoms with Crippen LogP contribution in [0.1, 0.15) is 25.0 Å². The molecule has 0 saturated heterocycles. The van der Waals surface area contributed by atoms with Gasteiger partial charge in [-0.1, -0.05) is 32.0 Å². The summed E-state index contributed by atoms with van der Waals surface area (Å²) in [5.74, 6) is -0.391. The summed E-state index contributed by atoms with van der Waals surface area (Å²) in [6.45, 7) is 3.85. The van der Waals surface area contributed by atoms with Crippen LogP contribution in [0.15, 0.2) is 71.6 Å². The second kappa shape index (κ2) is 10.3. The number of halogens is 1. The van der Waals surface area contributed by atoms with E-state index in [1.54, 1.807) is 0 Å². The molecule has 0 spiro atoms. The van der Waals surface area contributed by atoms with Gasteiger partial charge in [0, 0.05) is 11.4 Å². The van der Waals surface area contributed by atoms with Crippen molar-refractivity contribution in [1.82, 2.24) is 0 Å². The first kappa shape index (κ1) is 23.3. The number of benzene rings is 3. The first-order valence-corrected chi connectivity index (χ1v) is 11.7. The van der Waals surface area contributed by atoms with Gasteiger partial charge in [-0.15, -0.1) is 0 Å². The molecule has 32 heavy (non-hydrogen) atoms. The van der Waals surface area contributed by atoms with Crippen LogP contribution >= 0.6 is 0 Å². The number of hydrogen-bond acceptors (Lipinski definition) is 4. The van der Waals surface area contributed by atoms with E-state index < -0.39 is 15.8 Å². The number of carbonyl (C=O) groups is 1. The maximum absolute atomic E-state index is 13.0. The molecule has 2 N–H and O–H groups in total. The minimum Gasteiger partial charge on any atom is -0.484 e. The highest BCUT2D eigenvalue weighted by molar-refractivity contribution is 7.92. The molecule has 0 unspecified atom stereocenters. The van der Waals surface area contributed by atoms with Crippen molar-refractivity contribution in [2.24, 2.45) is 0 Å². The third-order valence-electron chi connectivity index (χ3n) is 4.86. The molecule has 0 atom stereocenters. The van der Waals surface area contributed by atoms with E-state index in [9.17, 15) is 17.6 Å². The molecule has 0 bridgehead atoms. The number of rotatable bonds is 9. The van der Waals surface area contributed by atoms with E-state index >= 15 is 0 Å². The SMILES string of the molecule is CCc1cccc(CC)c1NC(=O)COc1ccc(S(=O)(=O)Nc2ccc(F)cc2)cc1. The summed E-state index contributed by atoms with van der Waals surface area (Å²) < 4.78 is 45.8. The van der Waals surface area contributed by atoms with Crippen molar-refractivity contribution in [1.29, 1.82) is 0 Å². The fourth-order valence-electron chi connectivity index (χ4n) is 3.17. The number of amides is 1. The van der Waals surface area contributed by atoms with Crippen LogP contribution in [0.5, 0.6) is 5.75 Å². The average Bonchev–Trinajstić information content (AvgIpc) is 2.79. The van der Waals surface area contributed by atoms with Gasteiger partial charge in [0.25, 0.3) is 15.9 Å². The van der Waals surface area contributed by atoms with Crippen LogP contribution in [0.25, 0.3) is 0 Å². The van der Waals surface area contributed by atoms with Gasteiger partial charge >= 0.3 is 0 Å². The molecule has 8 heteroatoms. The summed E-state index contributed by atoms with van der Waals surface area (Å²) in [6, 6.07) is 16.7. The lowest BCUT2D eigenvalue weighted by atomic mass is 10.0. The van der Waals surface area contributed by atoms with Crippen LogP contribution in [0.2, 0.25) is 0 Å². The molecule has 0 fully saturated rings. The summed E-state index contributed by atoms with van der Waals surface area (Å²) in [6.07, 6.45) is 1.60. The Bertz CT molecular complexity index is 1160. The van der Waals surface area contributed by atoms with Crippen molar-refractivity contribution in [2.45, 2.75) is 31.6 Å². The van der Waals surface area contributed by atoms with Gasteiger partial charge < -0.3 is 10.1 Å². The van der Waals surface area contributed by atoms with Gasteiger partial charge in [0.05, 0.1) is 4.90 Å². The Morgan fingerprint density at radius 2 is 1.50 bits per heavy atom. The summed E-state index contributed by atoms with van der Waals surface area (Å²) in [5.41, 5.74) is 3.18. The van der Waals surface area contributed by atoms with Gasteiger partial charge in [0.2, 0.25) is 0 Å².